The van der Waals surface area contributed by atoms with Gasteiger partial charge in [-0.1, -0.05) is 42.5 Å². The van der Waals surface area contributed by atoms with Crippen LogP contribution in [0.1, 0.15) is 28.4 Å². The molecule has 1 amide bonds. The van der Waals surface area contributed by atoms with Crippen LogP contribution in [0, 0.1) is 0 Å². The second kappa shape index (κ2) is 8.81. The van der Waals surface area contributed by atoms with E-state index < -0.39 is 10.0 Å². The second-order valence-electron chi connectivity index (χ2n) is 6.24. The molecule has 3 aromatic rings. The van der Waals surface area contributed by atoms with Gasteiger partial charge in [-0.3, -0.25) is 9.48 Å². The van der Waals surface area contributed by atoms with Crippen LogP contribution >= 0.6 is 0 Å². The van der Waals surface area contributed by atoms with Crippen LogP contribution < -0.4 is 10.0 Å². The lowest BCUT2D eigenvalue weighted by Crippen LogP contribution is -2.24. The summed E-state index contributed by atoms with van der Waals surface area (Å²) in [6, 6.07) is 16.5. The third-order valence-electron chi connectivity index (χ3n) is 4.13. The summed E-state index contributed by atoms with van der Waals surface area (Å²) in [6.45, 7) is 3.03. The molecule has 7 nitrogen and oxygen atoms in total. The minimum absolute atomic E-state index is 0.113. The fraction of sp³-hybridized carbons (Fsp3) is 0.200. The molecule has 8 heteroatoms. The van der Waals surface area contributed by atoms with Gasteiger partial charge in [-0.15, -0.1) is 0 Å². The highest BCUT2D eigenvalue weighted by atomic mass is 32.2. The Morgan fingerprint density at radius 2 is 1.75 bits per heavy atom. The summed E-state index contributed by atoms with van der Waals surface area (Å²) in [5.41, 5.74) is 2.33. The van der Waals surface area contributed by atoms with Gasteiger partial charge >= 0.3 is 0 Å². The lowest BCUT2D eigenvalue weighted by molar-refractivity contribution is 0.0956. The number of amides is 1. The third-order valence-corrected chi connectivity index (χ3v) is 5.48. The van der Waals surface area contributed by atoms with Gasteiger partial charge in [0.05, 0.1) is 12.7 Å². The maximum absolute atomic E-state index is 12.5. The molecular weight excluding hydrogens is 376 g/mol. The Kier molecular flexibility index (Phi) is 6.23. The van der Waals surface area contributed by atoms with Gasteiger partial charge in [0.2, 0.25) is 10.0 Å². The van der Waals surface area contributed by atoms with Crippen molar-refractivity contribution in [1.29, 1.82) is 0 Å². The predicted molar refractivity (Wildman–Crippen MR) is 106 cm³/mol. The summed E-state index contributed by atoms with van der Waals surface area (Å²) >= 11 is 0. The number of hydrogen-bond donors (Lipinski definition) is 2. The van der Waals surface area contributed by atoms with Crippen LogP contribution in [0.3, 0.4) is 0 Å². The van der Waals surface area contributed by atoms with E-state index in [9.17, 15) is 13.2 Å². The van der Waals surface area contributed by atoms with Gasteiger partial charge in [-0.2, -0.15) is 5.10 Å². The van der Waals surface area contributed by atoms with Crippen molar-refractivity contribution in [3.63, 3.8) is 0 Å². The van der Waals surface area contributed by atoms with E-state index in [-0.39, 0.29) is 17.3 Å². The molecule has 2 aromatic carbocycles. The Bertz CT molecular complexity index is 1030. The first-order valence-corrected chi connectivity index (χ1v) is 10.4. The SMILES string of the molecule is CCNC(=O)c1ccc(CNS(=O)(=O)c2cnn(Cc3ccccc3)c2)cc1. The van der Waals surface area contributed by atoms with E-state index in [0.717, 1.165) is 11.1 Å². The van der Waals surface area contributed by atoms with E-state index in [1.54, 1.807) is 28.9 Å². The van der Waals surface area contributed by atoms with E-state index in [2.05, 4.69) is 15.1 Å². The van der Waals surface area contributed by atoms with Crippen molar-refractivity contribution in [2.24, 2.45) is 0 Å². The molecule has 3 rings (SSSR count). The van der Waals surface area contributed by atoms with Crippen molar-refractivity contribution in [1.82, 2.24) is 19.8 Å². The van der Waals surface area contributed by atoms with Crippen molar-refractivity contribution in [2.45, 2.75) is 24.9 Å². The molecule has 1 aromatic heterocycles. The van der Waals surface area contributed by atoms with Crippen molar-refractivity contribution >= 4 is 15.9 Å². The number of sulfonamides is 1. The highest BCUT2D eigenvalue weighted by Gasteiger charge is 2.16. The first-order valence-electron chi connectivity index (χ1n) is 8.91. The maximum atomic E-state index is 12.5. The Labute approximate surface area is 164 Å². The zero-order valence-corrected chi connectivity index (χ0v) is 16.3. The van der Waals surface area contributed by atoms with E-state index >= 15 is 0 Å². The molecule has 146 valence electrons. The number of rotatable bonds is 8. The van der Waals surface area contributed by atoms with Gasteiger partial charge in [-0.25, -0.2) is 13.1 Å². The summed E-state index contributed by atoms with van der Waals surface area (Å²) in [5.74, 6) is -0.152. The molecule has 28 heavy (non-hydrogen) atoms. The molecule has 0 radical (unpaired) electrons. The number of aromatic nitrogens is 2. The van der Waals surface area contributed by atoms with Crippen LogP contribution in [0.15, 0.2) is 71.9 Å². The molecule has 0 aliphatic carbocycles. The fourth-order valence-electron chi connectivity index (χ4n) is 2.64. The molecule has 1 heterocycles. The predicted octanol–water partition coefficient (Wildman–Crippen LogP) is 2.16. The largest absolute Gasteiger partial charge is 0.352 e. The number of hydrogen-bond acceptors (Lipinski definition) is 4. The van der Waals surface area contributed by atoms with Crippen LogP contribution in [0.2, 0.25) is 0 Å². The summed E-state index contributed by atoms with van der Waals surface area (Å²) in [4.78, 5) is 11.9. The molecule has 0 saturated carbocycles. The zero-order chi connectivity index (χ0) is 20.0. The third kappa shape index (κ3) is 5.05. The zero-order valence-electron chi connectivity index (χ0n) is 15.5. The maximum Gasteiger partial charge on any atom is 0.251 e. The molecule has 0 atom stereocenters. The highest BCUT2D eigenvalue weighted by Crippen LogP contribution is 2.11. The summed E-state index contributed by atoms with van der Waals surface area (Å²) in [5, 5.41) is 6.85. The van der Waals surface area contributed by atoms with Crippen LogP contribution in [0.25, 0.3) is 0 Å². The first kappa shape index (κ1) is 19.8. The molecule has 0 bridgehead atoms. The summed E-state index contributed by atoms with van der Waals surface area (Å²) in [7, 11) is -3.68. The van der Waals surface area contributed by atoms with E-state index in [0.29, 0.717) is 18.7 Å². The number of nitrogens with zero attached hydrogens (tertiary/aromatic N) is 2. The van der Waals surface area contributed by atoms with Gasteiger partial charge in [0.25, 0.3) is 5.91 Å². The molecule has 0 spiro atoms. The highest BCUT2D eigenvalue weighted by molar-refractivity contribution is 7.89. The van der Waals surface area contributed by atoms with Crippen LogP contribution in [0.4, 0.5) is 0 Å². The minimum atomic E-state index is -3.68. The van der Waals surface area contributed by atoms with E-state index in [1.807, 2.05) is 37.3 Å². The minimum Gasteiger partial charge on any atom is -0.352 e. The molecular formula is C20H22N4O3S. The number of carbonyl (C=O) groups is 1. The molecule has 0 unspecified atom stereocenters. The second-order valence-corrected chi connectivity index (χ2v) is 8.01. The Morgan fingerprint density at radius 1 is 1.04 bits per heavy atom. The van der Waals surface area contributed by atoms with Crippen LogP contribution in [-0.2, 0) is 23.1 Å². The lowest BCUT2D eigenvalue weighted by Gasteiger charge is -2.06. The number of benzene rings is 2. The number of carbonyl (C=O) groups excluding carboxylic acids is 1. The standard InChI is InChI=1S/C20H22N4O3S/c1-2-21-20(25)18-10-8-16(9-11-18)12-23-28(26,27)19-13-22-24(15-19)14-17-6-4-3-5-7-17/h3-11,13,15,23H,2,12,14H2,1H3,(H,21,25). The topological polar surface area (TPSA) is 93.1 Å². The lowest BCUT2D eigenvalue weighted by atomic mass is 10.1. The van der Waals surface area contributed by atoms with Crippen molar-refractivity contribution in [2.75, 3.05) is 6.54 Å². The molecule has 2 N–H and O–H groups in total. The van der Waals surface area contributed by atoms with E-state index in [4.69, 9.17) is 0 Å². The summed E-state index contributed by atoms with van der Waals surface area (Å²) < 4.78 is 29.2. The Hall–Kier alpha value is -2.97. The Balaban J connectivity index is 1.62. The first-order chi connectivity index (χ1) is 13.5. The van der Waals surface area contributed by atoms with Crippen LogP contribution in [-0.4, -0.2) is 30.7 Å². The van der Waals surface area contributed by atoms with Gasteiger partial charge in [0, 0.05) is 24.8 Å². The van der Waals surface area contributed by atoms with Crippen molar-refractivity contribution < 1.29 is 13.2 Å². The molecule has 0 fully saturated rings. The van der Waals surface area contributed by atoms with Gasteiger partial charge in [-0.05, 0) is 30.2 Å². The van der Waals surface area contributed by atoms with Gasteiger partial charge < -0.3 is 5.32 Å². The van der Waals surface area contributed by atoms with E-state index in [1.165, 1.54) is 12.4 Å². The average molecular weight is 398 g/mol. The normalized spacial score (nSPS) is 11.3. The Morgan fingerprint density at radius 3 is 2.43 bits per heavy atom. The molecule has 0 aliphatic heterocycles. The quantitative estimate of drug-likeness (QED) is 0.608. The van der Waals surface area contributed by atoms with Gasteiger partial charge in [0.15, 0.2) is 0 Å². The monoisotopic (exact) mass is 398 g/mol. The smallest absolute Gasteiger partial charge is 0.251 e. The average Bonchev–Trinajstić information content (AvgIpc) is 3.17. The summed E-state index contributed by atoms with van der Waals surface area (Å²) in [6.07, 6.45) is 2.84. The molecule has 0 aliphatic rings. The van der Waals surface area contributed by atoms with Crippen molar-refractivity contribution in [3.8, 4) is 0 Å². The van der Waals surface area contributed by atoms with Crippen molar-refractivity contribution in [3.05, 3.63) is 83.7 Å². The molecule has 0 saturated heterocycles. The van der Waals surface area contributed by atoms with Crippen LogP contribution in [0.5, 0.6) is 0 Å². The van der Waals surface area contributed by atoms with Gasteiger partial charge in [0.1, 0.15) is 4.90 Å². The fourth-order valence-corrected chi connectivity index (χ4v) is 3.61. The number of nitrogens with one attached hydrogen (secondary N) is 2.